The molecular formula is C22H25FN2O5S. The molecule has 0 aliphatic carbocycles. The van der Waals surface area contributed by atoms with Crippen molar-refractivity contribution in [1.29, 1.82) is 0 Å². The molecule has 1 fully saturated rings. The van der Waals surface area contributed by atoms with Crippen molar-refractivity contribution in [3.05, 3.63) is 59.9 Å². The molecule has 1 N–H and O–H groups in total. The Morgan fingerprint density at radius 3 is 2.58 bits per heavy atom. The second-order valence-corrected chi connectivity index (χ2v) is 8.81. The zero-order chi connectivity index (χ0) is 22.3. The number of carbonyl (C=O) groups is 1. The van der Waals surface area contributed by atoms with Gasteiger partial charge in [-0.15, -0.1) is 0 Å². The van der Waals surface area contributed by atoms with E-state index >= 15 is 0 Å². The summed E-state index contributed by atoms with van der Waals surface area (Å²) < 4.78 is 51.6. The lowest BCUT2D eigenvalue weighted by atomic mass is 10.2. The van der Waals surface area contributed by atoms with Gasteiger partial charge < -0.3 is 14.8 Å². The third-order valence-corrected chi connectivity index (χ3v) is 6.48. The second-order valence-electron chi connectivity index (χ2n) is 6.90. The first-order chi connectivity index (χ1) is 14.9. The van der Waals surface area contributed by atoms with Gasteiger partial charge in [-0.3, -0.25) is 4.79 Å². The highest BCUT2D eigenvalue weighted by molar-refractivity contribution is 7.89. The zero-order valence-corrected chi connectivity index (χ0v) is 18.0. The summed E-state index contributed by atoms with van der Waals surface area (Å²) in [4.78, 5) is 11.8. The minimum Gasteiger partial charge on any atom is -0.494 e. The Labute approximate surface area is 181 Å². The lowest BCUT2D eigenvalue weighted by Crippen LogP contribution is -2.40. The number of carbonyl (C=O) groups excluding carboxylic acids is 1. The normalized spacial score (nSPS) is 15.2. The van der Waals surface area contributed by atoms with Crippen molar-refractivity contribution < 1.29 is 27.1 Å². The summed E-state index contributed by atoms with van der Waals surface area (Å²) >= 11 is 0. The highest BCUT2D eigenvalue weighted by Gasteiger charge is 2.29. The van der Waals surface area contributed by atoms with Crippen molar-refractivity contribution in [3.63, 3.8) is 0 Å². The number of hydrogen-bond donors (Lipinski definition) is 1. The first-order valence-electron chi connectivity index (χ1n) is 9.99. The van der Waals surface area contributed by atoms with E-state index in [1.54, 1.807) is 6.08 Å². The fourth-order valence-corrected chi connectivity index (χ4v) is 4.45. The van der Waals surface area contributed by atoms with E-state index in [2.05, 4.69) is 5.32 Å². The van der Waals surface area contributed by atoms with Gasteiger partial charge in [-0.2, -0.15) is 4.31 Å². The van der Waals surface area contributed by atoms with Gasteiger partial charge in [0.1, 0.15) is 16.5 Å². The molecule has 7 nitrogen and oxygen atoms in total. The van der Waals surface area contributed by atoms with Crippen LogP contribution >= 0.6 is 0 Å². The second kappa shape index (κ2) is 10.5. The first-order valence-corrected chi connectivity index (χ1v) is 11.4. The van der Waals surface area contributed by atoms with Crippen LogP contribution in [0.25, 0.3) is 6.08 Å². The maximum absolute atomic E-state index is 14.3. The third-order valence-electron chi connectivity index (χ3n) is 4.57. The molecular weight excluding hydrogens is 423 g/mol. The molecule has 0 aromatic heterocycles. The van der Waals surface area contributed by atoms with Crippen LogP contribution in [-0.2, 0) is 19.6 Å². The van der Waals surface area contributed by atoms with Crippen LogP contribution in [0.15, 0.2) is 53.4 Å². The molecule has 9 heteroatoms. The van der Waals surface area contributed by atoms with Crippen LogP contribution in [0.3, 0.4) is 0 Å². The number of nitrogens with one attached hydrogen (secondary N) is 1. The van der Waals surface area contributed by atoms with Gasteiger partial charge in [-0.25, -0.2) is 12.8 Å². The fraction of sp³-hybridized carbons (Fsp3) is 0.318. The number of rotatable bonds is 8. The van der Waals surface area contributed by atoms with E-state index in [0.29, 0.717) is 6.61 Å². The van der Waals surface area contributed by atoms with Crippen molar-refractivity contribution in [3.8, 4) is 5.75 Å². The maximum Gasteiger partial charge on any atom is 0.248 e. The van der Waals surface area contributed by atoms with E-state index in [0.717, 1.165) is 29.9 Å². The van der Waals surface area contributed by atoms with Crippen LogP contribution in [0.2, 0.25) is 0 Å². The Kier molecular flexibility index (Phi) is 7.78. The summed E-state index contributed by atoms with van der Waals surface area (Å²) in [6.45, 7) is 3.49. The van der Waals surface area contributed by atoms with Crippen molar-refractivity contribution in [2.75, 3.05) is 38.2 Å². The molecule has 2 aromatic rings. The molecule has 0 spiro atoms. The maximum atomic E-state index is 14.3. The number of halogens is 1. The Morgan fingerprint density at radius 2 is 1.90 bits per heavy atom. The monoisotopic (exact) mass is 448 g/mol. The smallest absolute Gasteiger partial charge is 0.248 e. The predicted octanol–water partition coefficient (Wildman–Crippen LogP) is 3.29. The molecule has 31 heavy (non-hydrogen) atoms. The van der Waals surface area contributed by atoms with E-state index in [4.69, 9.17) is 9.47 Å². The number of benzene rings is 2. The van der Waals surface area contributed by atoms with E-state index in [9.17, 15) is 17.6 Å². The van der Waals surface area contributed by atoms with Crippen LogP contribution in [0.5, 0.6) is 5.75 Å². The molecule has 0 saturated carbocycles. The van der Waals surface area contributed by atoms with E-state index in [1.165, 1.54) is 16.4 Å². The van der Waals surface area contributed by atoms with Crippen molar-refractivity contribution in [2.24, 2.45) is 0 Å². The van der Waals surface area contributed by atoms with Gasteiger partial charge in [0.2, 0.25) is 15.9 Å². The summed E-state index contributed by atoms with van der Waals surface area (Å²) in [7, 11) is -4.02. The van der Waals surface area contributed by atoms with Gasteiger partial charge in [0.05, 0.1) is 19.8 Å². The molecule has 0 unspecified atom stereocenters. The number of ether oxygens (including phenoxy) is 2. The highest BCUT2D eigenvalue weighted by atomic mass is 32.2. The standard InChI is InChI=1S/C22H25FN2O5S/c1-2-13-30-19-7-3-17(4-8-19)5-10-22(26)24-18-6-9-20(23)21(16-18)31(27,28)25-11-14-29-15-12-25/h3-10,16H,2,11-15H2,1H3,(H,24,26)/b10-5+. The summed E-state index contributed by atoms with van der Waals surface area (Å²) in [6, 6.07) is 10.7. The zero-order valence-electron chi connectivity index (χ0n) is 17.2. The molecule has 0 bridgehead atoms. The molecule has 0 atom stereocenters. The van der Waals surface area contributed by atoms with Gasteiger partial charge in [0, 0.05) is 24.9 Å². The number of nitrogens with zero attached hydrogens (tertiary/aromatic N) is 1. The van der Waals surface area contributed by atoms with Gasteiger partial charge in [-0.05, 0) is 48.4 Å². The lowest BCUT2D eigenvalue weighted by Gasteiger charge is -2.26. The predicted molar refractivity (Wildman–Crippen MR) is 116 cm³/mol. The van der Waals surface area contributed by atoms with Crippen molar-refractivity contribution in [2.45, 2.75) is 18.2 Å². The molecule has 1 saturated heterocycles. The summed E-state index contributed by atoms with van der Waals surface area (Å²) in [5.74, 6) is -0.582. The molecule has 2 aromatic carbocycles. The van der Waals surface area contributed by atoms with Gasteiger partial charge in [0.15, 0.2) is 0 Å². The van der Waals surface area contributed by atoms with Crippen LogP contribution < -0.4 is 10.1 Å². The highest BCUT2D eigenvalue weighted by Crippen LogP contribution is 2.24. The van der Waals surface area contributed by atoms with Gasteiger partial charge >= 0.3 is 0 Å². The minimum atomic E-state index is -4.02. The molecule has 1 aliphatic rings. The van der Waals surface area contributed by atoms with E-state index < -0.39 is 26.6 Å². The molecule has 3 rings (SSSR count). The largest absolute Gasteiger partial charge is 0.494 e. The van der Waals surface area contributed by atoms with Crippen LogP contribution in [0.1, 0.15) is 18.9 Å². The number of sulfonamides is 1. The molecule has 0 radical (unpaired) electrons. The summed E-state index contributed by atoms with van der Waals surface area (Å²) in [5.41, 5.74) is 0.986. The van der Waals surface area contributed by atoms with Crippen LogP contribution in [-0.4, -0.2) is 51.5 Å². The number of anilines is 1. The summed E-state index contributed by atoms with van der Waals surface area (Å²) in [6.07, 6.45) is 3.86. The average Bonchev–Trinajstić information content (AvgIpc) is 2.78. The molecule has 166 valence electrons. The SMILES string of the molecule is CCCOc1ccc(/C=C/C(=O)Nc2ccc(F)c(S(=O)(=O)N3CCOCC3)c2)cc1. The van der Waals surface area contributed by atoms with Crippen LogP contribution in [0, 0.1) is 5.82 Å². The Balaban J connectivity index is 1.67. The lowest BCUT2D eigenvalue weighted by molar-refractivity contribution is -0.111. The molecule has 1 heterocycles. The molecule has 1 aliphatic heterocycles. The number of hydrogen-bond acceptors (Lipinski definition) is 5. The van der Waals surface area contributed by atoms with Crippen molar-refractivity contribution in [1.82, 2.24) is 4.31 Å². The minimum absolute atomic E-state index is 0.156. The fourth-order valence-electron chi connectivity index (χ4n) is 2.96. The van der Waals surface area contributed by atoms with Crippen LogP contribution in [0.4, 0.5) is 10.1 Å². The Bertz CT molecular complexity index is 1030. The Hall–Kier alpha value is -2.75. The Morgan fingerprint density at radius 1 is 1.19 bits per heavy atom. The number of amides is 1. The van der Waals surface area contributed by atoms with E-state index in [1.807, 2.05) is 31.2 Å². The topological polar surface area (TPSA) is 84.9 Å². The van der Waals surface area contributed by atoms with E-state index in [-0.39, 0.29) is 32.0 Å². The average molecular weight is 449 g/mol. The quantitative estimate of drug-likeness (QED) is 0.627. The third kappa shape index (κ3) is 6.13. The first kappa shape index (κ1) is 22.9. The summed E-state index contributed by atoms with van der Waals surface area (Å²) in [5, 5.41) is 2.57. The van der Waals surface area contributed by atoms with Gasteiger partial charge in [0.25, 0.3) is 0 Å². The molecule has 1 amide bonds. The number of morpholine rings is 1. The van der Waals surface area contributed by atoms with Crippen molar-refractivity contribution >= 4 is 27.7 Å². The van der Waals surface area contributed by atoms with Gasteiger partial charge in [-0.1, -0.05) is 19.1 Å².